The van der Waals surface area contributed by atoms with Crippen LogP contribution in [0.5, 0.6) is 0 Å². The molecule has 1 aromatic heterocycles. The van der Waals surface area contributed by atoms with Crippen LogP contribution in [0, 0.1) is 0 Å². The molecule has 0 spiro atoms. The smallest absolute Gasteiger partial charge is 0.224 e. The second-order valence-electron chi connectivity index (χ2n) is 6.91. The van der Waals surface area contributed by atoms with Crippen molar-refractivity contribution in [3.05, 3.63) is 71.4 Å². The molecule has 0 aliphatic carbocycles. The quantitative estimate of drug-likeness (QED) is 0.683. The standard InChI is InChI=1S/C22H27N3O/c1-4-16-9-11-17(12-10-16)21(25(2)3)15-24-22(26)13-18-14-23-20-8-6-5-7-19(18)20/h5-12,14,21,23H,4,13,15H2,1-3H3,(H,24,26). The fourth-order valence-corrected chi connectivity index (χ4v) is 3.30. The Hall–Kier alpha value is -2.59. The number of hydrogen-bond donors (Lipinski definition) is 2. The van der Waals surface area contributed by atoms with Crippen molar-refractivity contribution < 1.29 is 4.79 Å². The first-order valence-corrected chi connectivity index (χ1v) is 9.15. The molecule has 0 saturated heterocycles. The number of aromatic nitrogens is 1. The van der Waals surface area contributed by atoms with Crippen molar-refractivity contribution in [2.75, 3.05) is 20.6 Å². The van der Waals surface area contributed by atoms with Gasteiger partial charge in [-0.15, -0.1) is 0 Å². The number of rotatable bonds is 7. The minimum atomic E-state index is 0.0479. The minimum absolute atomic E-state index is 0.0479. The third-order valence-corrected chi connectivity index (χ3v) is 4.91. The van der Waals surface area contributed by atoms with E-state index in [1.807, 2.05) is 44.6 Å². The van der Waals surface area contributed by atoms with Gasteiger partial charge in [-0.2, -0.15) is 0 Å². The first kappa shape index (κ1) is 18.2. The van der Waals surface area contributed by atoms with Crippen LogP contribution in [0.3, 0.4) is 0 Å². The summed E-state index contributed by atoms with van der Waals surface area (Å²) in [7, 11) is 4.09. The highest BCUT2D eigenvalue weighted by Gasteiger charge is 2.16. The van der Waals surface area contributed by atoms with E-state index in [0.717, 1.165) is 22.9 Å². The van der Waals surface area contributed by atoms with E-state index in [2.05, 4.69) is 46.4 Å². The number of fused-ring (bicyclic) bond motifs is 1. The van der Waals surface area contributed by atoms with Gasteiger partial charge >= 0.3 is 0 Å². The Morgan fingerprint density at radius 2 is 1.85 bits per heavy atom. The van der Waals surface area contributed by atoms with Gasteiger partial charge in [0.25, 0.3) is 0 Å². The Labute approximate surface area is 155 Å². The second kappa shape index (κ2) is 8.19. The summed E-state index contributed by atoms with van der Waals surface area (Å²) in [5, 5.41) is 4.21. The van der Waals surface area contributed by atoms with Crippen molar-refractivity contribution >= 4 is 16.8 Å². The van der Waals surface area contributed by atoms with Crippen molar-refractivity contribution in [2.24, 2.45) is 0 Å². The van der Waals surface area contributed by atoms with Crippen LogP contribution in [0.15, 0.2) is 54.7 Å². The van der Waals surface area contributed by atoms with Crippen LogP contribution in [-0.2, 0) is 17.6 Å². The maximum atomic E-state index is 12.5. The molecule has 0 aliphatic heterocycles. The summed E-state index contributed by atoms with van der Waals surface area (Å²) in [5.74, 6) is 0.0479. The summed E-state index contributed by atoms with van der Waals surface area (Å²) in [6.07, 6.45) is 3.35. The molecule has 1 amide bonds. The van der Waals surface area contributed by atoms with Gasteiger partial charge in [0.15, 0.2) is 0 Å². The molecule has 3 rings (SSSR count). The lowest BCUT2D eigenvalue weighted by Gasteiger charge is -2.25. The summed E-state index contributed by atoms with van der Waals surface area (Å²) in [4.78, 5) is 17.8. The molecule has 0 radical (unpaired) electrons. The van der Waals surface area contributed by atoms with Crippen LogP contribution in [0.2, 0.25) is 0 Å². The largest absolute Gasteiger partial charge is 0.361 e. The molecule has 1 heterocycles. The maximum Gasteiger partial charge on any atom is 0.224 e. The topological polar surface area (TPSA) is 48.1 Å². The average molecular weight is 349 g/mol. The van der Waals surface area contributed by atoms with Crippen molar-refractivity contribution in [1.29, 1.82) is 0 Å². The number of carbonyl (C=O) groups excluding carboxylic acids is 1. The second-order valence-corrected chi connectivity index (χ2v) is 6.91. The number of nitrogens with zero attached hydrogens (tertiary/aromatic N) is 1. The monoisotopic (exact) mass is 349 g/mol. The molecule has 2 N–H and O–H groups in total. The lowest BCUT2D eigenvalue weighted by molar-refractivity contribution is -0.120. The summed E-state index contributed by atoms with van der Waals surface area (Å²) < 4.78 is 0. The van der Waals surface area contributed by atoms with Crippen LogP contribution < -0.4 is 5.32 Å². The molecule has 1 atom stereocenters. The maximum absolute atomic E-state index is 12.5. The number of benzene rings is 2. The van der Waals surface area contributed by atoms with E-state index < -0.39 is 0 Å². The zero-order chi connectivity index (χ0) is 18.5. The van der Waals surface area contributed by atoms with Crippen LogP contribution in [0.4, 0.5) is 0 Å². The van der Waals surface area contributed by atoms with Crippen molar-refractivity contribution in [1.82, 2.24) is 15.2 Å². The number of hydrogen-bond acceptors (Lipinski definition) is 2. The fourth-order valence-electron chi connectivity index (χ4n) is 3.30. The van der Waals surface area contributed by atoms with E-state index in [0.29, 0.717) is 13.0 Å². The van der Waals surface area contributed by atoms with Crippen molar-refractivity contribution in [3.8, 4) is 0 Å². The summed E-state index contributed by atoms with van der Waals surface area (Å²) >= 11 is 0. The molecule has 0 fully saturated rings. The number of H-pyrrole nitrogens is 1. The molecule has 0 bridgehead atoms. The number of amides is 1. The molecule has 136 valence electrons. The molecule has 4 nitrogen and oxygen atoms in total. The number of likely N-dealkylation sites (N-methyl/N-ethyl adjacent to an activating group) is 1. The van der Waals surface area contributed by atoms with E-state index in [9.17, 15) is 4.79 Å². The first-order chi connectivity index (χ1) is 12.6. The van der Waals surface area contributed by atoms with Gasteiger partial charge in [0.2, 0.25) is 5.91 Å². The van der Waals surface area contributed by atoms with Crippen LogP contribution in [0.25, 0.3) is 10.9 Å². The number of carbonyl (C=O) groups is 1. The van der Waals surface area contributed by atoms with Crippen LogP contribution in [0.1, 0.15) is 29.7 Å². The zero-order valence-corrected chi connectivity index (χ0v) is 15.8. The number of aromatic amines is 1. The fraction of sp³-hybridized carbons (Fsp3) is 0.318. The Morgan fingerprint density at radius 1 is 1.12 bits per heavy atom. The van der Waals surface area contributed by atoms with E-state index >= 15 is 0 Å². The first-order valence-electron chi connectivity index (χ1n) is 9.15. The molecule has 26 heavy (non-hydrogen) atoms. The Kier molecular flexibility index (Phi) is 5.74. The van der Waals surface area contributed by atoms with Gasteiger partial charge in [0, 0.05) is 23.6 Å². The SMILES string of the molecule is CCc1ccc(C(CNC(=O)Cc2c[nH]c3ccccc23)N(C)C)cc1. The number of para-hydroxylation sites is 1. The van der Waals surface area contributed by atoms with E-state index in [4.69, 9.17) is 0 Å². The van der Waals surface area contributed by atoms with E-state index in [1.165, 1.54) is 11.1 Å². The van der Waals surface area contributed by atoms with Gasteiger partial charge in [0.1, 0.15) is 0 Å². The summed E-state index contributed by atoms with van der Waals surface area (Å²) in [5.41, 5.74) is 4.65. The van der Waals surface area contributed by atoms with Crippen LogP contribution >= 0.6 is 0 Å². The Morgan fingerprint density at radius 3 is 2.54 bits per heavy atom. The highest BCUT2D eigenvalue weighted by atomic mass is 16.1. The number of aryl methyl sites for hydroxylation is 1. The van der Waals surface area contributed by atoms with Crippen LogP contribution in [-0.4, -0.2) is 36.4 Å². The predicted octanol–water partition coefficient (Wildman–Crippen LogP) is 3.69. The Bertz CT molecular complexity index is 864. The molecule has 3 aromatic rings. The summed E-state index contributed by atoms with van der Waals surface area (Å²) in [6, 6.07) is 16.9. The van der Waals surface area contributed by atoms with Gasteiger partial charge in [-0.25, -0.2) is 0 Å². The van der Waals surface area contributed by atoms with Crippen molar-refractivity contribution in [2.45, 2.75) is 25.8 Å². The molecule has 0 aliphatic rings. The minimum Gasteiger partial charge on any atom is -0.361 e. The van der Waals surface area contributed by atoms with Gasteiger partial charge in [-0.3, -0.25) is 4.79 Å². The van der Waals surface area contributed by atoms with Gasteiger partial charge in [0.05, 0.1) is 12.5 Å². The summed E-state index contributed by atoms with van der Waals surface area (Å²) in [6.45, 7) is 2.75. The molecule has 2 aromatic carbocycles. The molecule has 1 unspecified atom stereocenters. The lowest BCUT2D eigenvalue weighted by Crippen LogP contribution is -2.35. The van der Waals surface area contributed by atoms with Crippen molar-refractivity contribution in [3.63, 3.8) is 0 Å². The average Bonchev–Trinajstić information content (AvgIpc) is 3.05. The number of nitrogens with one attached hydrogen (secondary N) is 2. The Balaban J connectivity index is 1.64. The lowest BCUT2D eigenvalue weighted by atomic mass is 10.0. The third-order valence-electron chi connectivity index (χ3n) is 4.91. The highest BCUT2D eigenvalue weighted by molar-refractivity contribution is 5.88. The van der Waals surface area contributed by atoms with E-state index in [-0.39, 0.29) is 11.9 Å². The highest BCUT2D eigenvalue weighted by Crippen LogP contribution is 2.20. The van der Waals surface area contributed by atoms with Gasteiger partial charge in [-0.1, -0.05) is 49.4 Å². The van der Waals surface area contributed by atoms with Gasteiger partial charge < -0.3 is 15.2 Å². The van der Waals surface area contributed by atoms with Gasteiger partial charge in [-0.05, 0) is 43.3 Å². The molecule has 4 heteroatoms. The molecule has 0 saturated carbocycles. The zero-order valence-electron chi connectivity index (χ0n) is 15.8. The third kappa shape index (κ3) is 4.14. The predicted molar refractivity (Wildman–Crippen MR) is 107 cm³/mol. The molecular weight excluding hydrogens is 322 g/mol. The normalized spacial score (nSPS) is 12.5. The molecular formula is C22H27N3O. The van der Waals surface area contributed by atoms with E-state index in [1.54, 1.807) is 0 Å².